The third-order valence-electron chi connectivity index (χ3n) is 3.39. The van der Waals surface area contributed by atoms with Crippen molar-refractivity contribution >= 4 is 39.0 Å². The van der Waals surface area contributed by atoms with Crippen LogP contribution in [0, 0.1) is 0 Å². The van der Waals surface area contributed by atoms with E-state index in [1.807, 2.05) is 22.6 Å². The Morgan fingerprint density at radius 3 is 3.20 bits per heavy atom. The minimum atomic E-state index is 0.0900. The maximum absolute atomic E-state index is 11.8. The third-order valence-corrected chi connectivity index (χ3v) is 4.04. The van der Waals surface area contributed by atoms with Crippen LogP contribution in [0.1, 0.15) is 12.0 Å². The Hall–Kier alpha value is -2.34. The number of Topliss-reactive ketones (excluding diaryl/α,β-unsaturated/α-hetero) is 1. The maximum Gasteiger partial charge on any atom is 0.214 e. The molecule has 1 aliphatic heterocycles. The Morgan fingerprint density at radius 1 is 1.35 bits per heavy atom. The molecule has 1 aliphatic rings. The van der Waals surface area contributed by atoms with Gasteiger partial charge in [-0.3, -0.25) is 14.2 Å². The average Bonchev–Trinajstić information content (AvgIpc) is 3.03. The first-order valence-electron chi connectivity index (χ1n) is 6.28. The van der Waals surface area contributed by atoms with Crippen LogP contribution in [0.3, 0.4) is 0 Å². The van der Waals surface area contributed by atoms with E-state index in [9.17, 15) is 4.79 Å². The lowest BCUT2D eigenvalue weighted by atomic mass is 10.0. The second kappa shape index (κ2) is 4.35. The smallest absolute Gasteiger partial charge is 0.214 e. The van der Waals surface area contributed by atoms with Crippen molar-refractivity contribution in [1.29, 1.82) is 0 Å². The van der Waals surface area contributed by atoms with Crippen molar-refractivity contribution in [2.45, 2.75) is 12.8 Å². The van der Waals surface area contributed by atoms with Crippen LogP contribution in [0.2, 0.25) is 0 Å². The van der Waals surface area contributed by atoms with Gasteiger partial charge in [-0.15, -0.1) is 0 Å². The van der Waals surface area contributed by atoms with Gasteiger partial charge in [0.25, 0.3) is 0 Å². The number of aromatic nitrogens is 3. The van der Waals surface area contributed by atoms with E-state index in [-0.39, 0.29) is 5.78 Å². The van der Waals surface area contributed by atoms with Crippen LogP contribution >= 0.6 is 11.5 Å². The third kappa shape index (κ3) is 1.69. The van der Waals surface area contributed by atoms with Gasteiger partial charge < -0.3 is 0 Å². The maximum atomic E-state index is 11.8. The number of aliphatic imine (C=N–C) groups is 1. The first-order valence-corrected chi connectivity index (χ1v) is 7.05. The number of ketones is 1. The van der Waals surface area contributed by atoms with Crippen molar-refractivity contribution in [3.05, 3.63) is 42.4 Å². The van der Waals surface area contributed by atoms with Crippen LogP contribution in [0.15, 0.2) is 41.8 Å². The molecule has 4 rings (SSSR count). The summed E-state index contributed by atoms with van der Waals surface area (Å²) in [5, 5.41) is 0. The van der Waals surface area contributed by atoms with E-state index < -0.39 is 0 Å². The van der Waals surface area contributed by atoms with Gasteiger partial charge in [0.2, 0.25) is 4.96 Å². The number of carbonyl (C=O) groups excluding carboxylic acids is 1. The summed E-state index contributed by atoms with van der Waals surface area (Å²) in [7, 11) is 0. The Morgan fingerprint density at radius 2 is 2.30 bits per heavy atom. The molecule has 0 unspecified atom stereocenters. The molecule has 0 N–H and O–H groups in total. The highest BCUT2D eigenvalue weighted by atomic mass is 32.1. The van der Waals surface area contributed by atoms with Crippen molar-refractivity contribution in [3.8, 4) is 0 Å². The number of imidazole rings is 1. The molecular weight excluding hydrogens is 272 g/mol. The number of para-hydroxylation sites is 1. The van der Waals surface area contributed by atoms with E-state index in [1.165, 1.54) is 11.5 Å². The fourth-order valence-corrected chi connectivity index (χ4v) is 3.01. The Bertz CT molecular complexity index is 887. The monoisotopic (exact) mass is 282 g/mol. The largest absolute Gasteiger partial charge is 0.292 e. The van der Waals surface area contributed by atoms with Gasteiger partial charge in [0.05, 0.1) is 16.7 Å². The minimum Gasteiger partial charge on any atom is -0.292 e. The summed E-state index contributed by atoms with van der Waals surface area (Å²) in [6, 6.07) is 5.99. The molecule has 0 fully saturated rings. The Kier molecular flexibility index (Phi) is 2.50. The van der Waals surface area contributed by atoms with Crippen LogP contribution < -0.4 is 0 Å². The summed E-state index contributed by atoms with van der Waals surface area (Å²) in [4.78, 5) is 21.5. The zero-order chi connectivity index (χ0) is 13.5. The van der Waals surface area contributed by atoms with Gasteiger partial charge in [-0.25, -0.2) is 4.98 Å². The molecule has 1 aromatic carbocycles. The van der Waals surface area contributed by atoms with E-state index in [0.717, 1.165) is 21.6 Å². The fraction of sp³-hybridized carbons (Fsp3) is 0.143. The molecule has 0 bridgehead atoms. The summed E-state index contributed by atoms with van der Waals surface area (Å²) in [6.07, 6.45) is 6.22. The van der Waals surface area contributed by atoms with Crippen molar-refractivity contribution in [2.75, 3.05) is 0 Å². The molecule has 0 atom stereocenters. The predicted octanol–water partition coefficient (Wildman–Crippen LogP) is 2.41. The molecule has 6 heteroatoms. The quantitative estimate of drug-likeness (QED) is 0.725. The number of benzene rings is 1. The van der Waals surface area contributed by atoms with E-state index in [0.29, 0.717) is 18.6 Å². The number of hydrogen-bond acceptors (Lipinski definition) is 5. The normalized spacial score (nSPS) is 15.2. The molecule has 20 heavy (non-hydrogen) atoms. The zero-order valence-corrected chi connectivity index (χ0v) is 11.3. The molecule has 0 aliphatic carbocycles. The number of carbonyl (C=O) groups is 1. The topological polar surface area (TPSA) is 59.6 Å². The van der Waals surface area contributed by atoms with E-state index in [2.05, 4.69) is 14.3 Å². The zero-order valence-electron chi connectivity index (χ0n) is 10.5. The summed E-state index contributed by atoms with van der Waals surface area (Å²) in [5.74, 6) is 0.0900. The van der Waals surface area contributed by atoms with E-state index in [4.69, 9.17) is 0 Å². The molecule has 0 spiro atoms. The number of rotatable bonds is 2. The van der Waals surface area contributed by atoms with Gasteiger partial charge in [0, 0.05) is 30.6 Å². The van der Waals surface area contributed by atoms with Crippen molar-refractivity contribution in [2.24, 2.45) is 4.99 Å². The predicted molar refractivity (Wildman–Crippen MR) is 78.3 cm³/mol. The van der Waals surface area contributed by atoms with Crippen molar-refractivity contribution in [3.63, 3.8) is 0 Å². The minimum absolute atomic E-state index is 0.0900. The second-order valence-corrected chi connectivity index (χ2v) is 5.38. The molecule has 0 radical (unpaired) electrons. The number of fused-ring (bicyclic) bond motifs is 3. The van der Waals surface area contributed by atoms with Gasteiger partial charge in [-0.2, -0.15) is 4.37 Å². The fourth-order valence-electron chi connectivity index (χ4n) is 2.41. The summed E-state index contributed by atoms with van der Waals surface area (Å²) >= 11 is 1.36. The highest BCUT2D eigenvalue weighted by molar-refractivity contribution is 7.11. The molecule has 98 valence electrons. The lowest BCUT2D eigenvalue weighted by molar-refractivity contribution is -0.112. The number of hydrogen-bond donors (Lipinski definition) is 0. The lowest BCUT2D eigenvalue weighted by Gasteiger charge is -2.07. The van der Waals surface area contributed by atoms with E-state index in [1.54, 1.807) is 18.6 Å². The molecule has 3 heterocycles. The van der Waals surface area contributed by atoms with Crippen molar-refractivity contribution < 1.29 is 4.79 Å². The molecule has 5 nitrogen and oxygen atoms in total. The highest BCUT2D eigenvalue weighted by Gasteiger charge is 2.16. The molecule has 0 amide bonds. The van der Waals surface area contributed by atoms with Gasteiger partial charge in [-0.1, -0.05) is 18.2 Å². The van der Waals surface area contributed by atoms with Gasteiger partial charge in [0.1, 0.15) is 6.33 Å². The molecule has 3 aromatic rings. The first kappa shape index (κ1) is 11.5. The van der Waals surface area contributed by atoms with Crippen LogP contribution in [-0.4, -0.2) is 25.3 Å². The SMILES string of the molecule is O=C1CC=CN=C1Cc1cccc2c1nc1sncn12. The van der Waals surface area contributed by atoms with Gasteiger partial charge in [-0.05, 0) is 11.6 Å². The van der Waals surface area contributed by atoms with Crippen LogP contribution in [0.25, 0.3) is 16.0 Å². The van der Waals surface area contributed by atoms with Gasteiger partial charge in [0.15, 0.2) is 5.78 Å². The van der Waals surface area contributed by atoms with Crippen LogP contribution in [0.4, 0.5) is 0 Å². The second-order valence-electron chi connectivity index (χ2n) is 4.63. The summed E-state index contributed by atoms with van der Waals surface area (Å²) < 4.78 is 6.09. The van der Waals surface area contributed by atoms with E-state index >= 15 is 0 Å². The average molecular weight is 282 g/mol. The summed E-state index contributed by atoms with van der Waals surface area (Å²) in [5.41, 5.74) is 3.58. The molecular formula is C14H10N4OS. The number of nitrogens with zero attached hydrogens (tertiary/aromatic N) is 4. The first-order chi connectivity index (χ1) is 9.83. The molecule has 0 saturated carbocycles. The van der Waals surface area contributed by atoms with Crippen LogP contribution in [-0.2, 0) is 11.2 Å². The number of allylic oxidation sites excluding steroid dienone is 1. The molecule has 0 saturated heterocycles. The lowest BCUT2D eigenvalue weighted by Crippen LogP contribution is -2.17. The Balaban J connectivity index is 1.85. The van der Waals surface area contributed by atoms with Crippen LogP contribution in [0.5, 0.6) is 0 Å². The Labute approximate surface area is 118 Å². The highest BCUT2D eigenvalue weighted by Crippen LogP contribution is 2.23. The van der Waals surface area contributed by atoms with Gasteiger partial charge >= 0.3 is 0 Å². The van der Waals surface area contributed by atoms with Crippen molar-refractivity contribution in [1.82, 2.24) is 13.8 Å². The standard InChI is InChI=1S/C14H10N4OS/c19-12-5-2-6-15-10(12)7-9-3-1-4-11-13(9)17-14-18(11)8-16-20-14/h1-4,6,8H,5,7H2. The molecule has 2 aromatic heterocycles. The summed E-state index contributed by atoms with van der Waals surface area (Å²) in [6.45, 7) is 0.